The van der Waals surface area contributed by atoms with Gasteiger partial charge in [-0.15, -0.1) is 0 Å². The maximum atomic E-state index is 12.8. The van der Waals surface area contributed by atoms with Crippen LogP contribution in [0.4, 0.5) is 0 Å². The first-order valence-electron chi connectivity index (χ1n) is 14.0. The summed E-state index contributed by atoms with van der Waals surface area (Å²) in [5.41, 5.74) is -2.74. The van der Waals surface area contributed by atoms with Crippen molar-refractivity contribution in [1.29, 1.82) is 0 Å². The number of esters is 3. The minimum atomic E-state index is -1.18. The Balaban J connectivity index is 1.63. The highest BCUT2D eigenvalue weighted by molar-refractivity contribution is 5.72. The molecular formula is C28H42O10. The molecule has 10 heteroatoms. The molecule has 2 saturated carbocycles. The largest absolute Gasteiger partial charge is 0.465 e. The Kier molecular flexibility index (Phi) is 7.11. The van der Waals surface area contributed by atoms with E-state index >= 15 is 0 Å². The molecule has 0 aromatic heterocycles. The Morgan fingerprint density at radius 2 is 1.79 bits per heavy atom. The summed E-state index contributed by atoms with van der Waals surface area (Å²) in [5.74, 6) is -1.79. The van der Waals surface area contributed by atoms with Crippen LogP contribution in [0, 0.1) is 34.5 Å². The highest BCUT2D eigenvalue weighted by Crippen LogP contribution is 2.70. The topological polar surface area (TPSA) is 130 Å². The molecule has 0 aromatic rings. The maximum Gasteiger partial charge on any atom is 0.308 e. The van der Waals surface area contributed by atoms with Gasteiger partial charge in [0.05, 0.1) is 36.8 Å². The third kappa shape index (κ3) is 4.09. The van der Waals surface area contributed by atoms with Gasteiger partial charge in [-0.1, -0.05) is 27.7 Å². The van der Waals surface area contributed by atoms with Crippen LogP contribution < -0.4 is 0 Å². The summed E-state index contributed by atoms with van der Waals surface area (Å²) in [6, 6.07) is 0. The van der Waals surface area contributed by atoms with E-state index in [9.17, 15) is 19.5 Å². The van der Waals surface area contributed by atoms with Gasteiger partial charge in [0.15, 0.2) is 12.4 Å². The molecule has 3 saturated heterocycles. The Bertz CT molecular complexity index is 949. The molecule has 0 aromatic carbocycles. The first kappa shape index (κ1) is 27.8. The second-order valence-corrected chi connectivity index (χ2v) is 12.6. The summed E-state index contributed by atoms with van der Waals surface area (Å²) in [4.78, 5) is 37.4. The number of hydrogen-bond acceptors (Lipinski definition) is 10. The highest BCUT2D eigenvalue weighted by atomic mass is 16.7. The first-order chi connectivity index (χ1) is 17.9. The summed E-state index contributed by atoms with van der Waals surface area (Å²) in [6.07, 6.45) is -0.633. The molecule has 11 atom stereocenters. The number of aliphatic hydroxyl groups is 1. The molecule has 1 N–H and O–H groups in total. The smallest absolute Gasteiger partial charge is 0.308 e. The SMILES string of the molecule is CC(=O)OCC12C(OC(C)=O)CC(C)C(C)(C3CC4CCOC4O3)C1CC(O)C(OC(=O)C(C)C)C21CO1. The second kappa shape index (κ2) is 9.71. The van der Waals surface area contributed by atoms with E-state index in [0.717, 1.165) is 12.8 Å². The molecule has 0 bridgehead atoms. The number of hydrogen-bond donors (Lipinski definition) is 1. The predicted molar refractivity (Wildman–Crippen MR) is 131 cm³/mol. The number of fused-ring (bicyclic) bond motifs is 3. The van der Waals surface area contributed by atoms with Crippen LogP contribution in [-0.4, -0.2) is 79.1 Å². The van der Waals surface area contributed by atoms with E-state index in [2.05, 4.69) is 13.8 Å². The maximum absolute atomic E-state index is 12.8. The minimum Gasteiger partial charge on any atom is -0.465 e. The van der Waals surface area contributed by atoms with Crippen LogP contribution in [0.2, 0.25) is 0 Å². The van der Waals surface area contributed by atoms with Crippen LogP contribution in [0.15, 0.2) is 0 Å². The third-order valence-electron chi connectivity index (χ3n) is 10.3. The molecule has 3 aliphatic heterocycles. The Labute approximate surface area is 224 Å². The van der Waals surface area contributed by atoms with Gasteiger partial charge in [0.1, 0.15) is 18.3 Å². The molecule has 5 rings (SSSR count). The molecule has 214 valence electrons. The summed E-state index contributed by atoms with van der Waals surface area (Å²) >= 11 is 0. The number of rotatable bonds is 6. The lowest BCUT2D eigenvalue weighted by Gasteiger charge is -2.65. The van der Waals surface area contributed by atoms with E-state index in [0.29, 0.717) is 18.9 Å². The van der Waals surface area contributed by atoms with Gasteiger partial charge in [-0.25, -0.2) is 0 Å². The lowest BCUT2D eigenvalue weighted by Crippen LogP contribution is -2.74. The van der Waals surface area contributed by atoms with Crippen LogP contribution in [-0.2, 0) is 42.8 Å². The fourth-order valence-corrected chi connectivity index (χ4v) is 8.14. The van der Waals surface area contributed by atoms with Crippen LogP contribution in [0.1, 0.15) is 67.2 Å². The minimum absolute atomic E-state index is 0.0314. The van der Waals surface area contributed by atoms with E-state index in [4.69, 9.17) is 28.4 Å². The number of aliphatic hydroxyl groups excluding tert-OH is 1. The molecule has 0 radical (unpaired) electrons. The van der Waals surface area contributed by atoms with E-state index in [1.807, 2.05) is 0 Å². The third-order valence-corrected chi connectivity index (χ3v) is 10.3. The van der Waals surface area contributed by atoms with Crippen molar-refractivity contribution in [3.63, 3.8) is 0 Å². The lowest BCUT2D eigenvalue weighted by molar-refractivity contribution is -0.285. The number of carbonyl (C=O) groups excluding carboxylic acids is 3. The summed E-state index contributed by atoms with van der Waals surface area (Å²) in [5, 5.41) is 11.6. The van der Waals surface area contributed by atoms with E-state index in [1.54, 1.807) is 13.8 Å². The van der Waals surface area contributed by atoms with Crippen molar-refractivity contribution < 1.29 is 47.9 Å². The molecule has 10 nitrogen and oxygen atoms in total. The molecule has 3 heterocycles. The van der Waals surface area contributed by atoms with Crippen LogP contribution in [0.3, 0.4) is 0 Å². The van der Waals surface area contributed by atoms with E-state index < -0.39 is 58.6 Å². The molecule has 5 aliphatic rings. The summed E-state index contributed by atoms with van der Waals surface area (Å²) in [7, 11) is 0. The second-order valence-electron chi connectivity index (χ2n) is 12.6. The quantitative estimate of drug-likeness (QED) is 0.306. The van der Waals surface area contributed by atoms with Crippen LogP contribution in [0.25, 0.3) is 0 Å². The molecule has 2 aliphatic carbocycles. The monoisotopic (exact) mass is 538 g/mol. The average molecular weight is 539 g/mol. The zero-order valence-corrected chi connectivity index (χ0v) is 23.3. The standard InChI is InChI=1S/C28H42O10/c1-14(2)24(32)38-23-19(31)11-20-26(6,21-10-18-7-8-33-25(18)37-21)15(3)9-22(36-17(5)30)27(20,12-34-16(4)29)28(23)13-35-28/h14-15,18-23,25,31H,7-13H2,1-6H3. The normalized spacial score (nSPS) is 47.4. The summed E-state index contributed by atoms with van der Waals surface area (Å²) < 4.78 is 36.2. The van der Waals surface area contributed by atoms with Crippen molar-refractivity contribution in [2.75, 3.05) is 19.8 Å². The molecular weight excluding hydrogens is 496 g/mol. The van der Waals surface area contributed by atoms with Crippen molar-refractivity contribution in [3.8, 4) is 0 Å². The van der Waals surface area contributed by atoms with Gasteiger partial charge in [-0.2, -0.15) is 0 Å². The van der Waals surface area contributed by atoms with Gasteiger partial charge in [0.25, 0.3) is 0 Å². The van der Waals surface area contributed by atoms with Crippen molar-refractivity contribution in [1.82, 2.24) is 0 Å². The van der Waals surface area contributed by atoms with Gasteiger partial charge in [-0.3, -0.25) is 14.4 Å². The molecule has 11 unspecified atom stereocenters. The number of epoxide rings is 1. The van der Waals surface area contributed by atoms with Crippen molar-refractivity contribution in [2.24, 2.45) is 34.5 Å². The fraction of sp³-hybridized carbons (Fsp3) is 0.893. The molecule has 1 spiro atoms. The molecule has 0 amide bonds. The lowest BCUT2D eigenvalue weighted by atomic mass is 9.41. The summed E-state index contributed by atoms with van der Waals surface area (Å²) in [6.45, 7) is 11.2. The molecule has 5 fully saturated rings. The first-order valence-corrected chi connectivity index (χ1v) is 14.0. The highest BCUT2D eigenvalue weighted by Gasteiger charge is 2.81. The van der Waals surface area contributed by atoms with Gasteiger partial charge in [-0.05, 0) is 37.5 Å². The van der Waals surface area contributed by atoms with Gasteiger partial charge >= 0.3 is 17.9 Å². The zero-order chi connectivity index (χ0) is 27.6. The number of carbonyl (C=O) groups is 3. The van der Waals surface area contributed by atoms with Gasteiger partial charge in [0.2, 0.25) is 0 Å². The van der Waals surface area contributed by atoms with Crippen LogP contribution in [0.5, 0.6) is 0 Å². The van der Waals surface area contributed by atoms with Crippen molar-refractivity contribution in [3.05, 3.63) is 0 Å². The van der Waals surface area contributed by atoms with Gasteiger partial charge in [0, 0.05) is 25.2 Å². The van der Waals surface area contributed by atoms with Gasteiger partial charge < -0.3 is 33.5 Å². The molecule has 38 heavy (non-hydrogen) atoms. The van der Waals surface area contributed by atoms with Crippen LogP contribution >= 0.6 is 0 Å². The fourth-order valence-electron chi connectivity index (χ4n) is 8.14. The van der Waals surface area contributed by atoms with E-state index in [-0.39, 0.29) is 43.9 Å². The Morgan fingerprint density at radius 3 is 2.37 bits per heavy atom. The number of ether oxygens (including phenoxy) is 6. The van der Waals surface area contributed by atoms with E-state index in [1.165, 1.54) is 13.8 Å². The van der Waals surface area contributed by atoms with Crippen molar-refractivity contribution >= 4 is 17.9 Å². The Hall–Kier alpha value is -1.75. The Morgan fingerprint density at radius 1 is 1.08 bits per heavy atom. The average Bonchev–Trinajstić information content (AvgIpc) is 3.31. The zero-order valence-electron chi connectivity index (χ0n) is 23.3. The van der Waals surface area contributed by atoms with Crippen molar-refractivity contribution in [2.45, 2.75) is 104 Å². The predicted octanol–water partition coefficient (Wildman–Crippen LogP) is 2.38.